The van der Waals surface area contributed by atoms with Crippen molar-refractivity contribution in [1.29, 1.82) is 0 Å². The lowest BCUT2D eigenvalue weighted by atomic mass is 10.1. The standard InChI is InChI=1S/C28H34N2O3.ClH/c1-20(2)30(21(3)4)16-17-33-27-19-25(13-14-26(27)32-5)29-28(31)15-11-22-10-12-23-8-6-7-9-24(23)18-22;/h6-15,18-21H,16-17H2,1-5H3,(H,29,31);1H. The van der Waals surface area contributed by atoms with Crippen molar-refractivity contribution in [1.82, 2.24) is 4.90 Å². The van der Waals surface area contributed by atoms with Crippen LogP contribution in [-0.2, 0) is 4.79 Å². The van der Waals surface area contributed by atoms with Gasteiger partial charge >= 0.3 is 0 Å². The summed E-state index contributed by atoms with van der Waals surface area (Å²) in [7, 11) is 1.61. The van der Waals surface area contributed by atoms with Crippen LogP contribution in [0, 0.1) is 0 Å². The van der Waals surface area contributed by atoms with E-state index in [-0.39, 0.29) is 18.3 Å². The third-order valence-electron chi connectivity index (χ3n) is 5.57. The van der Waals surface area contributed by atoms with Gasteiger partial charge in [0.15, 0.2) is 11.5 Å². The Labute approximate surface area is 209 Å². The smallest absolute Gasteiger partial charge is 0.248 e. The van der Waals surface area contributed by atoms with Gasteiger partial charge in [-0.2, -0.15) is 0 Å². The second kappa shape index (κ2) is 13.0. The predicted molar refractivity (Wildman–Crippen MR) is 144 cm³/mol. The summed E-state index contributed by atoms with van der Waals surface area (Å²) in [4.78, 5) is 14.9. The predicted octanol–water partition coefficient (Wildman–Crippen LogP) is 6.42. The van der Waals surface area contributed by atoms with Gasteiger partial charge in [-0.3, -0.25) is 9.69 Å². The Morgan fingerprint density at radius 3 is 2.32 bits per heavy atom. The summed E-state index contributed by atoms with van der Waals surface area (Å²) in [6, 6.07) is 20.6. The number of hydrogen-bond donors (Lipinski definition) is 1. The van der Waals surface area contributed by atoms with Gasteiger partial charge in [-0.1, -0.05) is 36.4 Å². The SMILES string of the molecule is COc1ccc(NC(=O)C=Cc2ccc3ccccc3c2)cc1OCCN(C(C)C)C(C)C.Cl. The first-order chi connectivity index (χ1) is 15.9. The van der Waals surface area contributed by atoms with E-state index in [0.717, 1.165) is 17.5 Å². The van der Waals surface area contributed by atoms with Crippen molar-refractivity contribution in [3.05, 3.63) is 72.3 Å². The molecule has 5 nitrogen and oxygen atoms in total. The highest BCUT2D eigenvalue weighted by Crippen LogP contribution is 2.30. The molecule has 182 valence electrons. The molecule has 1 N–H and O–H groups in total. The summed E-state index contributed by atoms with van der Waals surface area (Å²) in [6.07, 6.45) is 3.35. The zero-order chi connectivity index (χ0) is 23.8. The number of ether oxygens (including phenoxy) is 2. The summed E-state index contributed by atoms with van der Waals surface area (Å²) in [5.74, 6) is 1.05. The minimum absolute atomic E-state index is 0. The summed E-state index contributed by atoms with van der Waals surface area (Å²) in [5, 5.41) is 5.22. The largest absolute Gasteiger partial charge is 0.493 e. The number of hydrogen-bond acceptors (Lipinski definition) is 4. The fourth-order valence-corrected chi connectivity index (χ4v) is 3.91. The van der Waals surface area contributed by atoms with Crippen LogP contribution >= 0.6 is 12.4 Å². The molecule has 0 aliphatic carbocycles. The molecule has 34 heavy (non-hydrogen) atoms. The quantitative estimate of drug-likeness (QED) is 0.339. The Hall–Kier alpha value is -3.02. The summed E-state index contributed by atoms with van der Waals surface area (Å²) >= 11 is 0. The molecule has 0 aromatic heterocycles. The lowest BCUT2D eigenvalue weighted by Gasteiger charge is -2.30. The van der Waals surface area contributed by atoms with Crippen LogP contribution in [-0.4, -0.2) is 43.2 Å². The van der Waals surface area contributed by atoms with E-state index in [1.165, 1.54) is 11.5 Å². The van der Waals surface area contributed by atoms with Crippen LogP contribution in [0.4, 0.5) is 5.69 Å². The van der Waals surface area contributed by atoms with E-state index in [1.54, 1.807) is 19.2 Å². The Bertz CT molecular complexity index is 1100. The Morgan fingerprint density at radius 2 is 1.65 bits per heavy atom. The second-order valence-electron chi connectivity index (χ2n) is 8.57. The Balaban J connectivity index is 0.00000408. The average molecular weight is 483 g/mol. The van der Waals surface area contributed by atoms with Crippen LogP contribution in [0.1, 0.15) is 33.3 Å². The second-order valence-corrected chi connectivity index (χ2v) is 8.57. The lowest BCUT2D eigenvalue weighted by Crippen LogP contribution is -2.39. The Kier molecular flexibility index (Phi) is 10.4. The number of carbonyl (C=O) groups is 1. The molecule has 6 heteroatoms. The van der Waals surface area contributed by atoms with Crippen molar-refractivity contribution >= 4 is 40.9 Å². The minimum atomic E-state index is -0.204. The van der Waals surface area contributed by atoms with Crippen LogP contribution in [0.15, 0.2) is 66.7 Å². The van der Waals surface area contributed by atoms with Gasteiger partial charge in [0, 0.05) is 36.5 Å². The highest BCUT2D eigenvalue weighted by atomic mass is 35.5. The number of benzene rings is 3. The zero-order valence-corrected chi connectivity index (χ0v) is 21.4. The normalized spacial score (nSPS) is 11.3. The molecule has 1 amide bonds. The van der Waals surface area contributed by atoms with Crippen molar-refractivity contribution in [2.24, 2.45) is 0 Å². The minimum Gasteiger partial charge on any atom is -0.493 e. The number of nitrogens with one attached hydrogen (secondary N) is 1. The van der Waals surface area contributed by atoms with Gasteiger partial charge in [0.05, 0.1) is 7.11 Å². The number of anilines is 1. The first-order valence-corrected chi connectivity index (χ1v) is 11.4. The van der Waals surface area contributed by atoms with Gasteiger partial charge in [-0.25, -0.2) is 0 Å². The fourth-order valence-electron chi connectivity index (χ4n) is 3.91. The molecule has 0 spiro atoms. The van der Waals surface area contributed by atoms with E-state index in [4.69, 9.17) is 9.47 Å². The van der Waals surface area contributed by atoms with Crippen molar-refractivity contribution < 1.29 is 14.3 Å². The summed E-state index contributed by atoms with van der Waals surface area (Å²) in [5.41, 5.74) is 1.63. The molecule has 0 unspecified atom stereocenters. The molecule has 0 heterocycles. The Morgan fingerprint density at radius 1 is 0.941 bits per heavy atom. The molecule has 0 aliphatic rings. The van der Waals surface area contributed by atoms with Crippen molar-refractivity contribution in [2.45, 2.75) is 39.8 Å². The van der Waals surface area contributed by atoms with E-state index in [9.17, 15) is 4.79 Å². The highest BCUT2D eigenvalue weighted by Gasteiger charge is 2.14. The molecule has 0 atom stereocenters. The number of halogens is 1. The van der Waals surface area contributed by atoms with Crippen molar-refractivity contribution in [2.75, 3.05) is 25.6 Å². The molecule has 0 aliphatic heterocycles. The van der Waals surface area contributed by atoms with E-state index >= 15 is 0 Å². The summed E-state index contributed by atoms with van der Waals surface area (Å²) in [6.45, 7) is 10.1. The van der Waals surface area contributed by atoms with Gasteiger partial charge < -0.3 is 14.8 Å². The van der Waals surface area contributed by atoms with Gasteiger partial charge in [-0.05, 0) is 68.3 Å². The fraction of sp³-hybridized carbons (Fsp3) is 0.321. The van der Waals surface area contributed by atoms with Gasteiger partial charge in [0.1, 0.15) is 6.61 Å². The van der Waals surface area contributed by atoms with Crippen LogP contribution in [0.2, 0.25) is 0 Å². The van der Waals surface area contributed by atoms with Crippen LogP contribution < -0.4 is 14.8 Å². The first kappa shape index (κ1) is 27.2. The number of methoxy groups -OCH3 is 1. The van der Waals surface area contributed by atoms with E-state index < -0.39 is 0 Å². The molecule has 0 fully saturated rings. The maximum absolute atomic E-state index is 12.5. The number of nitrogens with zero attached hydrogens (tertiary/aromatic N) is 1. The number of amides is 1. The van der Waals surface area contributed by atoms with Crippen LogP contribution in [0.25, 0.3) is 16.8 Å². The van der Waals surface area contributed by atoms with Gasteiger partial charge in [0.2, 0.25) is 5.91 Å². The van der Waals surface area contributed by atoms with Crippen molar-refractivity contribution in [3.63, 3.8) is 0 Å². The summed E-state index contributed by atoms with van der Waals surface area (Å²) < 4.78 is 11.4. The van der Waals surface area contributed by atoms with Crippen molar-refractivity contribution in [3.8, 4) is 11.5 Å². The molecule has 3 rings (SSSR count). The third-order valence-corrected chi connectivity index (χ3v) is 5.57. The van der Waals surface area contributed by atoms with E-state index in [2.05, 4.69) is 62.2 Å². The molecule has 3 aromatic carbocycles. The first-order valence-electron chi connectivity index (χ1n) is 11.4. The zero-order valence-electron chi connectivity index (χ0n) is 20.6. The molecule has 0 saturated carbocycles. The molecule has 0 saturated heterocycles. The van der Waals surface area contributed by atoms with E-state index in [1.807, 2.05) is 30.3 Å². The molecule has 0 bridgehead atoms. The molecule has 0 radical (unpaired) electrons. The van der Waals surface area contributed by atoms with Gasteiger partial charge in [-0.15, -0.1) is 12.4 Å². The molecule has 3 aromatic rings. The molecular weight excluding hydrogens is 448 g/mol. The van der Waals surface area contributed by atoms with Gasteiger partial charge in [0.25, 0.3) is 0 Å². The highest BCUT2D eigenvalue weighted by molar-refractivity contribution is 6.02. The topological polar surface area (TPSA) is 50.8 Å². The molecular formula is C28H35ClN2O3. The average Bonchev–Trinajstić information content (AvgIpc) is 2.80. The van der Waals surface area contributed by atoms with E-state index in [0.29, 0.717) is 35.9 Å². The third kappa shape index (κ3) is 7.51. The maximum atomic E-state index is 12.5. The number of carbonyl (C=O) groups excluding carboxylic acids is 1. The number of fused-ring (bicyclic) bond motifs is 1. The van der Waals surface area contributed by atoms with Crippen LogP contribution in [0.3, 0.4) is 0 Å². The monoisotopic (exact) mass is 482 g/mol. The number of rotatable bonds is 10. The lowest BCUT2D eigenvalue weighted by molar-refractivity contribution is -0.111. The van der Waals surface area contributed by atoms with Crippen LogP contribution in [0.5, 0.6) is 11.5 Å². The maximum Gasteiger partial charge on any atom is 0.248 e.